The number of nitrogens with one attached hydrogen (secondary N) is 1. The normalized spacial score (nSPS) is 33.0. The number of hydrogen-bond donors (Lipinski definition) is 2. The van der Waals surface area contributed by atoms with Crippen molar-refractivity contribution >= 4 is 23.1 Å². The molecule has 3 saturated carbocycles. The van der Waals surface area contributed by atoms with Crippen molar-refractivity contribution in [1.29, 1.82) is 5.26 Å². The van der Waals surface area contributed by atoms with E-state index in [1.165, 1.54) is 6.42 Å². The van der Waals surface area contributed by atoms with Crippen LogP contribution in [0, 0.1) is 17.2 Å². The van der Waals surface area contributed by atoms with Gasteiger partial charge in [0.15, 0.2) is 0 Å². The smallest absolute Gasteiger partial charge is 0.241 e. The zero-order chi connectivity index (χ0) is 17.9. The highest BCUT2D eigenvalue weighted by molar-refractivity contribution is 6.35. The van der Waals surface area contributed by atoms with Crippen LogP contribution in [0.2, 0.25) is 5.02 Å². The van der Waals surface area contributed by atoms with Gasteiger partial charge in [0.1, 0.15) is 11.6 Å². The molecule has 2 atom stereocenters. The molecule has 1 aliphatic heterocycles. The minimum absolute atomic E-state index is 0.0234. The van der Waals surface area contributed by atoms with Gasteiger partial charge in [-0.1, -0.05) is 11.6 Å². The van der Waals surface area contributed by atoms with Crippen LogP contribution in [0.15, 0.2) is 6.20 Å². The van der Waals surface area contributed by atoms with E-state index in [9.17, 15) is 10.4 Å². The van der Waals surface area contributed by atoms with Crippen LogP contribution in [0.1, 0.15) is 43.4 Å². The number of anilines is 1. The number of nitrogens with zero attached hydrogens (tertiary/aromatic N) is 4. The first kappa shape index (κ1) is 16.3. The first-order valence-electron chi connectivity index (χ1n) is 9.11. The van der Waals surface area contributed by atoms with Crippen LogP contribution >= 0.6 is 11.6 Å². The Balaban J connectivity index is 1.58. The molecule has 6 rings (SSSR count). The summed E-state index contributed by atoms with van der Waals surface area (Å²) in [6, 6.07) is 2.14. The van der Waals surface area contributed by atoms with Gasteiger partial charge in [-0.15, -0.1) is 5.10 Å². The minimum Gasteiger partial charge on any atom is -0.389 e. The predicted molar refractivity (Wildman–Crippen MR) is 95.2 cm³/mol. The first-order chi connectivity index (χ1) is 12.6. The van der Waals surface area contributed by atoms with Gasteiger partial charge in [-0.3, -0.25) is 0 Å². The number of aliphatic hydroxyl groups is 1. The molecule has 2 aromatic heterocycles. The molecule has 2 aromatic rings. The van der Waals surface area contributed by atoms with E-state index in [-0.39, 0.29) is 11.5 Å². The molecule has 7 nitrogen and oxygen atoms in total. The molecule has 0 aromatic carbocycles. The van der Waals surface area contributed by atoms with Gasteiger partial charge in [0.25, 0.3) is 0 Å². The summed E-state index contributed by atoms with van der Waals surface area (Å²) in [4.78, 5) is 4.36. The number of aliphatic hydroxyl groups excluding tert-OH is 1. The average Bonchev–Trinajstić information content (AvgIpc) is 3.28. The second-order valence-corrected chi connectivity index (χ2v) is 8.18. The van der Waals surface area contributed by atoms with Crippen LogP contribution in [0.25, 0.3) is 5.52 Å². The SMILES string of the molecule is N#Cc1c(Cl)c2cnc(N[C@H]3CCOC[C@H]3O)nn2c1C12CCC(C1)C2. The molecule has 8 heteroatoms. The van der Waals surface area contributed by atoms with Gasteiger partial charge in [0.05, 0.1) is 41.2 Å². The van der Waals surface area contributed by atoms with Crippen molar-refractivity contribution in [3.63, 3.8) is 0 Å². The van der Waals surface area contributed by atoms with Gasteiger partial charge < -0.3 is 15.2 Å². The molecule has 0 amide bonds. The van der Waals surface area contributed by atoms with Crippen molar-refractivity contribution in [1.82, 2.24) is 14.6 Å². The van der Waals surface area contributed by atoms with Crippen LogP contribution < -0.4 is 5.32 Å². The minimum atomic E-state index is -0.591. The van der Waals surface area contributed by atoms with Crippen molar-refractivity contribution in [2.75, 3.05) is 18.5 Å². The highest BCUT2D eigenvalue weighted by Crippen LogP contribution is 2.61. The number of rotatable bonds is 3. The van der Waals surface area contributed by atoms with Gasteiger partial charge in [-0.05, 0) is 38.0 Å². The highest BCUT2D eigenvalue weighted by Gasteiger charge is 2.54. The summed E-state index contributed by atoms with van der Waals surface area (Å²) in [7, 11) is 0. The third kappa shape index (κ3) is 2.26. The summed E-state index contributed by atoms with van der Waals surface area (Å²) in [5.41, 5.74) is 2.16. The number of aromatic nitrogens is 3. The van der Waals surface area contributed by atoms with Crippen molar-refractivity contribution in [2.24, 2.45) is 5.92 Å². The molecule has 4 aliphatic rings. The molecule has 4 fully saturated rings. The monoisotopic (exact) mass is 373 g/mol. The standard InChI is InChI=1S/C18H20ClN5O2/c19-15-11(7-20)16(18-3-1-10(5-18)6-18)24-13(15)8-21-17(23-24)22-12-2-4-26-9-14(12)25/h8,10,12,14,25H,1-6,9H2,(H,22,23)/t10?,12-,14+,18?/m0/s1. The van der Waals surface area contributed by atoms with E-state index in [2.05, 4.69) is 21.5 Å². The Labute approximate surface area is 155 Å². The van der Waals surface area contributed by atoms with Crippen LogP contribution in [0.5, 0.6) is 0 Å². The number of halogens is 1. The predicted octanol–water partition coefficient (Wildman–Crippen LogP) is 2.26. The van der Waals surface area contributed by atoms with Crippen molar-refractivity contribution in [3.8, 4) is 6.07 Å². The Kier molecular flexibility index (Phi) is 3.64. The van der Waals surface area contributed by atoms with Crippen LogP contribution in [0.3, 0.4) is 0 Å². The molecular weight excluding hydrogens is 354 g/mol. The molecule has 3 heterocycles. The van der Waals surface area contributed by atoms with Gasteiger partial charge in [-0.25, -0.2) is 9.50 Å². The first-order valence-corrected chi connectivity index (χ1v) is 9.49. The third-order valence-electron chi connectivity index (χ3n) is 6.27. The summed E-state index contributed by atoms with van der Waals surface area (Å²) < 4.78 is 7.08. The largest absolute Gasteiger partial charge is 0.389 e. The summed E-state index contributed by atoms with van der Waals surface area (Å²) >= 11 is 6.49. The highest BCUT2D eigenvalue weighted by atomic mass is 35.5. The Hall–Kier alpha value is -1.88. The number of ether oxygens (including phenoxy) is 1. The second-order valence-electron chi connectivity index (χ2n) is 7.80. The van der Waals surface area contributed by atoms with E-state index in [1.807, 2.05) is 4.52 Å². The lowest BCUT2D eigenvalue weighted by Crippen LogP contribution is -2.42. The van der Waals surface area contributed by atoms with E-state index in [4.69, 9.17) is 16.3 Å². The fourth-order valence-corrected chi connectivity index (χ4v) is 5.23. The molecule has 0 spiro atoms. The fourth-order valence-electron chi connectivity index (χ4n) is 4.97. The molecule has 26 heavy (non-hydrogen) atoms. The maximum atomic E-state index is 10.1. The molecule has 3 aliphatic carbocycles. The summed E-state index contributed by atoms with van der Waals surface area (Å²) in [5, 5.41) is 28.1. The Morgan fingerprint density at radius 1 is 1.42 bits per heavy atom. The molecule has 0 unspecified atom stereocenters. The van der Waals surface area contributed by atoms with Crippen molar-refractivity contribution in [3.05, 3.63) is 22.5 Å². The maximum Gasteiger partial charge on any atom is 0.241 e. The zero-order valence-electron chi connectivity index (χ0n) is 14.3. The maximum absolute atomic E-state index is 10.1. The molecule has 2 N–H and O–H groups in total. The van der Waals surface area contributed by atoms with E-state index >= 15 is 0 Å². The topological polar surface area (TPSA) is 95.5 Å². The van der Waals surface area contributed by atoms with Crippen molar-refractivity contribution in [2.45, 2.75) is 49.7 Å². The summed E-state index contributed by atoms with van der Waals surface area (Å²) in [6.45, 7) is 0.907. The lowest BCUT2D eigenvalue weighted by molar-refractivity contribution is -0.0136. The zero-order valence-corrected chi connectivity index (χ0v) is 15.0. The lowest BCUT2D eigenvalue weighted by atomic mass is 9.67. The van der Waals surface area contributed by atoms with Gasteiger partial charge in [0.2, 0.25) is 5.95 Å². The lowest BCUT2D eigenvalue weighted by Gasteiger charge is -2.38. The molecule has 2 bridgehead atoms. The number of hydrogen-bond acceptors (Lipinski definition) is 6. The number of nitriles is 1. The summed E-state index contributed by atoms with van der Waals surface area (Å²) in [5.74, 6) is 1.20. The Morgan fingerprint density at radius 3 is 2.96 bits per heavy atom. The Bertz CT molecular complexity index is 909. The van der Waals surface area contributed by atoms with Gasteiger partial charge >= 0.3 is 0 Å². The van der Waals surface area contributed by atoms with Crippen LogP contribution in [0.4, 0.5) is 5.95 Å². The third-order valence-corrected chi connectivity index (χ3v) is 6.65. The molecule has 1 saturated heterocycles. The Morgan fingerprint density at radius 2 is 2.27 bits per heavy atom. The number of fused-ring (bicyclic) bond motifs is 2. The average molecular weight is 374 g/mol. The van der Waals surface area contributed by atoms with E-state index in [0.717, 1.165) is 30.9 Å². The molecule has 136 valence electrons. The van der Waals surface area contributed by atoms with E-state index in [0.29, 0.717) is 41.7 Å². The van der Waals surface area contributed by atoms with E-state index < -0.39 is 6.10 Å². The molecular formula is C18H20ClN5O2. The summed E-state index contributed by atoms with van der Waals surface area (Å²) in [6.07, 6.45) is 6.27. The molecule has 0 radical (unpaired) electrons. The van der Waals surface area contributed by atoms with Crippen molar-refractivity contribution < 1.29 is 9.84 Å². The quantitative estimate of drug-likeness (QED) is 0.856. The van der Waals surface area contributed by atoms with Crippen LogP contribution in [-0.4, -0.2) is 45.1 Å². The van der Waals surface area contributed by atoms with Crippen LogP contribution in [-0.2, 0) is 10.2 Å². The van der Waals surface area contributed by atoms with Gasteiger partial charge in [0, 0.05) is 12.0 Å². The second kappa shape index (κ2) is 5.81. The fraction of sp³-hybridized carbons (Fsp3) is 0.611. The van der Waals surface area contributed by atoms with E-state index in [1.54, 1.807) is 6.20 Å². The van der Waals surface area contributed by atoms with Gasteiger partial charge in [-0.2, -0.15) is 5.26 Å².